The number of halogens is 3. The summed E-state index contributed by atoms with van der Waals surface area (Å²) in [6, 6.07) is 0. The van der Waals surface area contributed by atoms with Crippen LogP contribution >= 0.6 is 11.6 Å². The van der Waals surface area contributed by atoms with Crippen LogP contribution in [0.3, 0.4) is 0 Å². The molecule has 4 nitrogen and oxygen atoms in total. The molecule has 0 saturated heterocycles. The van der Waals surface area contributed by atoms with Crippen LogP contribution in [0.25, 0.3) is 0 Å². The smallest absolute Gasteiger partial charge is 0.353 e. The van der Waals surface area contributed by atoms with Gasteiger partial charge in [-0.15, -0.1) is 0 Å². The van der Waals surface area contributed by atoms with Gasteiger partial charge in [-0.3, -0.25) is 0 Å². The van der Waals surface area contributed by atoms with Gasteiger partial charge in [0.25, 0.3) is 0 Å². The predicted octanol–water partition coefficient (Wildman–Crippen LogP) is 4.01. The summed E-state index contributed by atoms with van der Waals surface area (Å²) in [4.78, 5) is 7.31. The van der Waals surface area contributed by atoms with Gasteiger partial charge in [-0.05, 0) is 31.9 Å². The van der Waals surface area contributed by atoms with Crippen LogP contribution in [0.5, 0.6) is 0 Å². The fraction of sp³-hybridized carbons (Fsp3) is 0.692. The molecule has 2 atom stereocenters. The van der Waals surface area contributed by atoms with Crippen molar-refractivity contribution in [2.75, 3.05) is 6.61 Å². The van der Waals surface area contributed by atoms with Crippen molar-refractivity contribution < 1.29 is 18.3 Å². The summed E-state index contributed by atoms with van der Waals surface area (Å²) in [5.74, 6) is 0. The van der Waals surface area contributed by atoms with Crippen LogP contribution in [0, 0.1) is 0 Å². The molecule has 114 valence electrons. The summed E-state index contributed by atoms with van der Waals surface area (Å²) in [5, 5.41) is -3.55. The number of hydrogen-bond acceptors (Lipinski definition) is 4. The first-order valence-corrected chi connectivity index (χ1v) is 6.92. The second-order valence-electron chi connectivity index (χ2n) is 4.28. The Kier molecular flexibility index (Phi) is 6.71. The van der Waals surface area contributed by atoms with Crippen LogP contribution in [-0.4, -0.2) is 22.9 Å². The molecule has 20 heavy (non-hydrogen) atoms. The lowest BCUT2D eigenvalue weighted by Crippen LogP contribution is -2.21. The standard InChI is InChI=1S/C13H19ClF2N2O2/c1-4-6-11(19-5-2)20-9(3)10-7-17-8-18-12(10)13(14,15)16/h7-9,11H,4-6H2,1-3H3. The van der Waals surface area contributed by atoms with E-state index in [4.69, 9.17) is 21.1 Å². The van der Waals surface area contributed by atoms with Crippen molar-refractivity contribution in [3.63, 3.8) is 0 Å². The minimum atomic E-state index is -3.55. The molecule has 0 saturated carbocycles. The number of nitrogens with zero attached hydrogens (tertiary/aromatic N) is 2. The Morgan fingerprint density at radius 2 is 2.10 bits per heavy atom. The van der Waals surface area contributed by atoms with E-state index in [0.717, 1.165) is 12.7 Å². The molecule has 0 radical (unpaired) electrons. The lowest BCUT2D eigenvalue weighted by atomic mass is 10.1. The highest BCUT2D eigenvalue weighted by Gasteiger charge is 2.34. The molecule has 1 aromatic heterocycles. The maximum Gasteiger partial charge on any atom is 0.365 e. The van der Waals surface area contributed by atoms with Gasteiger partial charge in [-0.2, -0.15) is 8.78 Å². The molecule has 0 spiro atoms. The number of aromatic nitrogens is 2. The first-order valence-electron chi connectivity index (χ1n) is 6.54. The first kappa shape index (κ1) is 17.2. The average molecular weight is 309 g/mol. The van der Waals surface area contributed by atoms with Gasteiger partial charge in [0.15, 0.2) is 6.29 Å². The van der Waals surface area contributed by atoms with Crippen molar-refractivity contribution in [1.82, 2.24) is 9.97 Å². The van der Waals surface area contributed by atoms with Gasteiger partial charge in [-0.25, -0.2) is 9.97 Å². The van der Waals surface area contributed by atoms with Crippen molar-refractivity contribution in [3.8, 4) is 0 Å². The fourth-order valence-corrected chi connectivity index (χ4v) is 1.95. The second-order valence-corrected chi connectivity index (χ2v) is 4.75. The van der Waals surface area contributed by atoms with E-state index in [1.54, 1.807) is 6.92 Å². The summed E-state index contributed by atoms with van der Waals surface area (Å²) in [6.07, 6.45) is 2.78. The molecule has 0 fully saturated rings. The van der Waals surface area contributed by atoms with Crippen LogP contribution < -0.4 is 0 Å². The highest BCUT2D eigenvalue weighted by molar-refractivity contribution is 6.21. The average Bonchev–Trinajstić information content (AvgIpc) is 2.38. The van der Waals surface area contributed by atoms with Crippen molar-refractivity contribution in [1.29, 1.82) is 0 Å². The molecule has 0 amide bonds. The summed E-state index contributed by atoms with van der Waals surface area (Å²) in [5.41, 5.74) is -0.373. The summed E-state index contributed by atoms with van der Waals surface area (Å²) >= 11 is 5.06. The molecule has 2 unspecified atom stereocenters. The lowest BCUT2D eigenvalue weighted by Gasteiger charge is -2.23. The molecule has 0 bridgehead atoms. The lowest BCUT2D eigenvalue weighted by molar-refractivity contribution is -0.169. The topological polar surface area (TPSA) is 44.2 Å². The maximum atomic E-state index is 13.3. The SMILES string of the molecule is CCCC(OCC)OC(C)c1cncnc1C(F)(F)Cl. The van der Waals surface area contributed by atoms with Gasteiger partial charge in [0, 0.05) is 18.4 Å². The zero-order chi connectivity index (χ0) is 15.2. The van der Waals surface area contributed by atoms with E-state index >= 15 is 0 Å². The van der Waals surface area contributed by atoms with E-state index < -0.39 is 23.5 Å². The van der Waals surface area contributed by atoms with Crippen molar-refractivity contribution in [3.05, 3.63) is 23.8 Å². The Morgan fingerprint density at radius 3 is 2.65 bits per heavy atom. The molecule has 0 aliphatic rings. The molecule has 0 aliphatic heterocycles. The van der Waals surface area contributed by atoms with E-state index in [2.05, 4.69) is 9.97 Å². The van der Waals surface area contributed by atoms with Crippen LogP contribution in [0.1, 0.15) is 51.0 Å². The van der Waals surface area contributed by atoms with Crippen molar-refractivity contribution in [2.45, 2.75) is 51.4 Å². The molecular weight excluding hydrogens is 290 g/mol. The number of ether oxygens (including phenoxy) is 2. The normalized spacial score (nSPS) is 15.1. The van der Waals surface area contributed by atoms with E-state index in [1.165, 1.54) is 6.20 Å². The zero-order valence-electron chi connectivity index (χ0n) is 11.8. The van der Waals surface area contributed by atoms with Gasteiger partial charge < -0.3 is 9.47 Å². The van der Waals surface area contributed by atoms with Gasteiger partial charge in [0.1, 0.15) is 12.0 Å². The third-order valence-electron chi connectivity index (χ3n) is 2.68. The quantitative estimate of drug-likeness (QED) is 0.538. The zero-order valence-corrected chi connectivity index (χ0v) is 12.5. The van der Waals surface area contributed by atoms with E-state index in [1.807, 2.05) is 13.8 Å². The molecule has 0 aliphatic carbocycles. The Balaban J connectivity index is 2.88. The number of rotatable bonds is 8. The van der Waals surface area contributed by atoms with Gasteiger partial charge in [0.05, 0.1) is 6.10 Å². The van der Waals surface area contributed by atoms with Crippen molar-refractivity contribution >= 4 is 11.6 Å². The maximum absolute atomic E-state index is 13.3. The summed E-state index contributed by atoms with van der Waals surface area (Å²) in [7, 11) is 0. The van der Waals surface area contributed by atoms with Crippen molar-refractivity contribution in [2.24, 2.45) is 0 Å². The predicted molar refractivity (Wildman–Crippen MR) is 71.6 cm³/mol. The number of hydrogen-bond donors (Lipinski definition) is 0. The Labute approximate surface area is 122 Å². The summed E-state index contributed by atoms with van der Waals surface area (Å²) in [6.45, 7) is 5.97. The Hall–Kier alpha value is -0.850. The highest BCUT2D eigenvalue weighted by atomic mass is 35.5. The van der Waals surface area contributed by atoms with E-state index in [0.29, 0.717) is 13.0 Å². The molecule has 1 heterocycles. The molecule has 1 aromatic rings. The molecule has 7 heteroatoms. The van der Waals surface area contributed by atoms with Gasteiger partial charge in [-0.1, -0.05) is 13.3 Å². The third-order valence-corrected chi connectivity index (χ3v) is 2.86. The minimum absolute atomic E-state index is 0.160. The first-order chi connectivity index (χ1) is 9.40. The fourth-order valence-electron chi connectivity index (χ4n) is 1.79. The largest absolute Gasteiger partial charge is 0.365 e. The highest BCUT2D eigenvalue weighted by Crippen LogP contribution is 2.36. The van der Waals surface area contributed by atoms with Crippen LogP contribution in [-0.2, 0) is 14.9 Å². The minimum Gasteiger partial charge on any atom is -0.353 e. The molecule has 0 aromatic carbocycles. The van der Waals surface area contributed by atoms with Crippen LogP contribution in [0.4, 0.5) is 8.78 Å². The monoisotopic (exact) mass is 308 g/mol. The molecule has 1 rings (SSSR count). The van der Waals surface area contributed by atoms with Crippen LogP contribution in [0.15, 0.2) is 12.5 Å². The molecular formula is C13H19ClF2N2O2. The number of alkyl halides is 3. The third kappa shape index (κ3) is 4.92. The van der Waals surface area contributed by atoms with Crippen LogP contribution in [0.2, 0.25) is 0 Å². The van der Waals surface area contributed by atoms with Gasteiger partial charge >= 0.3 is 5.38 Å². The Morgan fingerprint density at radius 1 is 1.40 bits per heavy atom. The Bertz CT molecular complexity index is 410. The molecule has 0 N–H and O–H groups in total. The van der Waals surface area contributed by atoms with E-state index in [9.17, 15) is 8.78 Å². The van der Waals surface area contributed by atoms with E-state index in [-0.39, 0.29) is 5.56 Å². The second kappa shape index (κ2) is 7.81. The summed E-state index contributed by atoms with van der Waals surface area (Å²) < 4.78 is 37.7. The van der Waals surface area contributed by atoms with Gasteiger partial charge in [0.2, 0.25) is 0 Å².